The quantitative estimate of drug-likeness (QED) is 0.373. The number of benzene rings is 3. The minimum absolute atomic E-state index is 0.0157. The summed E-state index contributed by atoms with van der Waals surface area (Å²) < 4.78 is 31.5. The molecule has 1 heterocycles. The van der Waals surface area contributed by atoms with E-state index < -0.39 is 28.0 Å². The Balaban J connectivity index is 1.78. The Kier molecular flexibility index (Phi) is 7.35. The fourth-order valence-electron chi connectivity index (χ4n) is 4.13. The van der Waals surface area contributed by atoms with Gasteiger partial charge in [0.1, 0.15) is 12.2 Å². The van der Waals surface area contributed by atoms with Crippen LogP contribution in [0.4, 0.5) is 11.4 Å². The number of hydrogen-bond donors (Lipinski definition) is 1. The van der Waals surface area contributed by atoms with E-state index in [0.717, 1.165) is 9.87 Å². The molecule has 0 atom stereocenters. The van der Waals surface area contributed by atoms with Crippen LogP contribution in [-0.2, 0) is 21.9 Å². The molecular formula is C28H30N4O4S. The maximum atomic E-state index is 13.8. The molecule has 3 aromatic carbocycles. The summed E-state index contributed by atoms with van der Waals surface area (Å²) in [7, 11) is -2.57. The summed E-state index contributed by atoms with van der Waals surface area (Å²) >= 11 is 0. The third-order valence-electron chi connectivity index (χ3n) is 6.25. The van der Waals surface area contributed by atoms with Crippen molar-refractivity contribution in [2.45, 2.75) is 31.6 Å². The van der Waals surface area contributed by atoms with E-state index in [1.54, 1.807) is 73.3 Å². The zero-order valence-corrected chi connectivity index (χ0v) is 22.1. The maximum Gasteiger partial charge on any atom is 0.296 e. The monoisotopic (exact) mass is 518 g/mol. The molecule has 1 N–H and O–H groups in total. The van der Waals surface area contributed by atoms with Gasteiger partial charge in [0.05, 0.1) is 16.3 Å². The molecule has 192 valence electrons. The van der Waals surface area contributed by atoms with Crippen LogP contribution in [0.5, 0.6) is 0 Å². The highest BCUT2D eigenvalue weighted by Crippen LogP contribution is 2.26. The van der Waals surface area contributed by atoms with Gasteiger partial charge in [-0.3, -0.25) is 14.3 Å². The lowest BCUT2D eigenvalue weighted by atomic mass is 10.0. The largest absolute Gasteiger partial charge is 0.325 e. The van der Waals surface area contributed by atoms with Gasteiger partial charge in [0.25, 0.3) is 15.6 Å². The number of sulfonamides is 1. The first-order chi connectivity index (χ1) is 17.6. The van der Waals surface area contributed by atoms with Crippen LogP contribution < -0.4 is 15.2 Å². The molecule has 4 aromatic rings. The summed E-state index contributed by atoms with van der Waals surface area (Å²) in [4.78, 5) is 26.8. The molecule has 0 unspecified atom stereocenters. The molecule has 1 amide bonds. The predicted octanol–water partition coefficient (Wildman–Crippen LogP) is 4.44. The van der Waals surface area contributed by atoms with Gasteiger partial charge in [-0.25, -0.2) is 17.4 Å². The Morgan fingerprint density at radius 2 is 1.49 bits per heavy atom. The lowest BCUT2D eigenvalue weighted by Gasteiger charge is -2.23. The molecule has 0 bridgehead atoms. The first-order valence-electron chi connectivity index (χ1n) is 11.9. The molecule has 0 saturated carbocycles. The minimum atomic E-state index is -4.24. The summed E-state index contributed by atoms with van der Waals surface area (Å²) in [6.07, 6.45) is 0. The van der Waals surface area contributed by atoms with Gasteiger partial charge in [-0.2, -0.15) is 0 Å². The van der Waals surface area contributed by atoms with Gasteiger partial charge in [0.2, 0.25) is 5.91 Å². The van der Waals surface area contributed by atoms with Crippen molar-refractivity contribution in [2.24, 2.45) is 7.05 Å². The number of nitrogens with zero attached hydrogens (tertiary/aromatic N) is 3. The highest BCUT2D eigenvalue weighted by molar-refractivity contribution is 7.92. The van der Waals surface area contributed by atoms with Crippen molar-refractivity contribution >= 4 is 27.3 Å². The van der Waals surface area contributed by atoms with Gasteiger partial charge < -0.3 is 5.32 Å². The SMILES string of the molecule is Cc1c(N(CC(=O)Nc2ccc(C(C)C)cc2)S(=O)(=O)c2ccccc2)c(=O)n(-c2ccccc2)n1C. The number of carbonyl (C=O) groups excluding carboxylic acids is 1. The molecule has 9 heteroatoms. The number of rotatable bonds is 8. The molecule has 8 nitrogen and oxygen atoms in total. The fraction of sp³-hybridized carbons (Fsp3) is 0.214. The van der Waals surface area contributed by atoms with E-state index in [0.29, 0.717) is 23.0 Å². The van der Waals surface area contributed by atoms with Crippen molar-refractivity contribution in [3.8, 4) is 5.69 Å². The van der Waals surface area contributed by atoms with Crippen molar-refractivity contribution in [3.05, 3.63) is 107 Å². The molecule has 0 aliphatic carbocycles. The second-order valence-electron chi connectivity index (χ2n) is 9.06. The number of hydrogen-bond acceptors (Lipinski definition) is 4. The van der Waals surface area contributed by atoms with E-state index in [9.17, 15) is 18.0 Å². The normalized spacial score (nSPS) is 11.5. The fourth-order valence-corrected chi connectivity index (χ4v) is 5.62. The first-order valence-corrected chi connectivity index (χ1v) is 13.4. The highest BCUT2D eigenvalue weighted by Gasteiger charge is 2.33. The highest BCUT2D eigenvalue weighted by atomic mass is 32.2. The van der Waals surface area contributed by atoms with Crippen molar-refractivity contribution in [1.29, 1.82) is 0 Å². The average molecular weight is 519 g/mol. The van der Waals surface area contributed by atoms with E-state index >= 15 is 0 Å². The standard InChI is InChI=1S/C28H30N4O4S/c1-20(2)22-15-17-23(18-16-22)29-26(33)19-31(37(35,36)25-13-9-6-10-14-25)27-21(3)30(4)32(28(27)34)24-11-7-5-8-12-24/h5-18,20H,19H2,1-4H3,(H,29,33). The molecule has 37 heavy (non-hydrogen) atoms. The number of nitrogens with one attached hydrogen (secondary N) is 1. The minimum Gasteiger partial charge on any atom is -0.325 e. The van der Waals surface area contributed by atoms with Gasteiger partial charge in [0.15, 0.2) is 0 Å². The average Bonchev–Trinajstić information content (AvgIpc) is 3.11. The van der Waals surface area contributed by atoms with Crippen LogP contribution in [0.1, 0.15) is 31.0 Å². The number of amides is 1. The number of aromatic nitrogens is 2. The molecule has 4 rings (SSSR count). The lowest BCUT2D eigenvalue weighted by Crippen LogP contribution is -2.41. The van der Waals surface area contributed by atoms with E-state index in [4.69, 9.17) is 0 Å². The number of para-hydroxylation sites is 1. The van der Waals surface area contributed by atoms with Crippen molar-refractivity contribution in [2.75, 3.05) is 16.2 Å². The van der Waals surface area contributed by atoms with Crippen LogP contribution in [-0.4, -0.2) is 30.2 Å². The smallest absolute Gasteiger partial charge is 0.296 e. The van der Waals surface area contributed by atoms with Gasteiger partial charge in [-0.05, 0) is 54.8 Å². The molecule has 0 radical (unpaired) electrons. The third-order valence-corrected chi connectivity index (χ3v) is 8.01. The Morgan fingerprint density at radius 3 is 2.05 bits per heavy atom. The molecule has 0 aliphatic heterocycles. The second-order valence-corrected chi connectivity index (χ2v) is 10.9. The summed E-state index contributed by atoms with van der Waals surface area (Å²) in [6, 6.07) is 24.1. The van der Waals surface area contributed by atoms with Crippen LogP contribution in [0, 0.1) is 6.92 Å². The van der Waals surface area contributed by atoms with E-state index in [1.165, 1.54) is 16.8 Å². The zero-order chi connectivity index (χ0) is 26.7. The molecule has 0 saturated heterocycles. The number of carbonyl (C=O) groups is 1. The molecule has 1 aromatic heterocycles. The van der Waals surface area contributed by atoms with Crippen LogP contribution in [0.15, 0.2) is 94.6 Å². The Labute approximate surface area is 216 Å². The Morgan fingerprint density at radius 1 is 0.919 bits per heavy atom. The van der Waals surface area contributed by atoms with E-state index in [1.807, 2.05) is 18.2 Å². The molecule has 0 fully saturated rings. The lowest BCUT2D eigenvalue weighted by molar-refractivity contribution is -0.114. The van der Waals surface area contributed by atoms with Gasteiger partial charge in [-0.1, -0.05) is 62.4 Å². The summed E-state index contributed by atoms with van der Waals surface area (Å²) in [5, 5.41) is 2.76. The molecular weight excluding hydrogens is 488 g/mol. The van der Waals surface area contributed by atoms with Crippen LogP contribution in [0.25, 0.3) is 5.69 Å². The number of anilines is 2. The van der Waals surface area contributed by atoms with E-state index in [2.05, 4.69) is 19.2 Å². The summed E-state index contributed by atoms with van der Waals surface area (Å²) in [6.45, 7) is 5.24. The Hall–Kier alpha value is -4.11. The van der Waals surface area contributed by atoms with Crippen LogP contribution >= 0.6 is 0 Å². The van der Waals surface area contributed by atoms with Crippen molar-refractivity contribution < 1.29 is 13.2 Å². The summed E-state index contributed by atoms with van der Waals surface area (Å²) in [5.41, 5.74) is 2.02. The van der Waals surface area contributed by atoms with E-state index in [-0.39, 0.29) is 10.6 Å². The Bertz CT molecular complexity index is 1560. The summed E-state index contributed by atoms with van der Waals surface area (Å²) in [5.74, 6) is -0.227. The van der Waals surface area contributed by atoms with Crippen LogP contribution in [0.2, 0.25) is 0 Å². The maximum absolute atomic E-state index is 13.8. The van der Waals surface area contributed by atoms with Gasteiger partial charge in [0, 0.05) is 12.7 Å². The third kappa shape index (κ3) is 5.22. The first kappa shape index (κ1) is 26.0. The zero-order valence-electron chi connectivity index (χ0n) is 21.3. The molecule has 0 aliphatic rings. The topological polar surface area (TPSA) is 93.4 Å². The molecule has 0 spiro atoms. The van der Waals surface area contributed by atoms with Gasteiger partial charge in [-0.15, -0.1) is 0 Å². The van der Waals surface area contributed by atoms with Crippen LogP contribution in [0.3, 0.4) is 0 Å². The van der Waals surface area contributed by atoms with Crippen molar-refractivity contribution in [3.63, 3.8) is 0 Å². The second kappa shape index (κ2) is 10.5. The predicted molar refractivity (Wildman–Crippen MR) is 146 cm³/mol. The van der Waals surface area contributed by atoms with Crippen molar-refractivity contribution in [1.82, 2.24) is 9.36 Å². The van der Waals surface area contributed by atoms with Gasteiger partial charge >= 0.3 is 0 Å².